The lowest BCUT2D eigenvalue weighted by Crippen LogP contribution is -2.10. The van der Waals surface area contributed by atoms with E-state index in [1.54, 1.807) is 24.3 Å². The van der Waals surface area contributed by atoms with Crippen molar-refractivity contribution in [1.82, 2.24) is 0 Å². The van der Waals surface area contributed by atoms with E-state index in [-0.39, 0.29) is 17.3 Å². The standard InChI is InChI=1S/C16H16O4/c1-10(17)16(11-3-5-12(18)6-4-11)14-8-7-13(20-2)9-15(14)19/h3-9,16,18-19H,1-2H3. The number of carbonyl (C=O) groups is 1. The van der Waals surface area contributed by atoms with Gasteiger partial charge in [0.25, 0.3) is 0 Å². The van der Waals surface area contributed by atoms with Gasteiger partial charge in [-0.3, -0.25) is 4.79 Å². The van der Waals surface area contributed by atoms with E-state index in [2.05, 4.69) is 0 Å². The third-order valence-electron chi connectivity index (χ3n) is 3.18. The molecule has 0 heterocycles. The molecule has 0 fully saturated rings. The number of phenolic OH excluding ortho intramolecular Hbond substituents is 2. The van der Waals surface area contributed by atoms with E-state index in [1.165, 1.54) is 32.2 Å². The molecule has 2 aromatic rings. The van der Waals surface area contributed by atoms with Gasteiger partial charge in [0, 0.05) is 11.6 Å². The molecule has 2 aromatic carbocycles. The molecule has 0 aromatic heterocycles. The van der Waals surface area contributed by atoms with E-state index in [4.69, 9.17) is 4.74 Å². The lowest BCUT2D eigenvalue weighted by atomic mass is 9.87. The first-order valence-corrected chi connectivity index (χ1v) is 6.19. The van der Waals surface area contributed by atoms with Gasteiger partial charge in [-0.15, -0.1) is 0 Å². The summed E-state index contributed by atoms with van der Waals surface area (Å²) < 4.78 is 5.03. The molecule has 1 atom stereocenters. The lowest BCUT2D eigenvalue weighted by Gasteiger charge is -2.17. The zero-order valence-corrected chi connectivity index (χ0v) is 11.3. The van der Waals surface area contributed by atoms with E-state index in [9.17, 15) is 15.0 Å². The summed E-state index contributed by atoms with van der Waals surface area (Å²) in [5.74, 6) is 0.0181. The van der Waals surface area contributed by atoms with Crippen LogP contribution < -0.4 is 4.74 Å². The van der Waals surface area contributed by atoms with Crippen molar-refractivity contribution < 1.29 is 19.7 Å². The van der Waals surface area contributed by atoms with Crippen LogP contribution in [0, 0.1) is 0 Å². The monoisotopic (exact) mass is 272 g/mol. The Hall–Kier alpha value is -2.49. The summed E-state index contributed by atoms with van der Waals surface area (Å²) in [6.07, 6.45) is 0. The largest absolute Gasteiger partial charge is 0.508 e. The maximum absolute atomic E-state index is 11.9. The molecule has 2 rings (SSSR count). The molecule has 0 saturated carbocycles. The summed E-state index contributed by atoms with van der Waals surface area (Å²) in [4.78, 5) is 11.9. The fraction of sp³-hybridized carbons (Fsp3) is 0.188. The molecular formula is C16H16O4. The molecule has 0 amide bonds. The number of methoxy groups -OCH3 is 1. The molecular weight excluding hydrogens is 256 g/mol. The van der Waals surface area contributed by atoms with Gasteiger partial charge >= 0.3 is 0 Å². The quantitative estimate of drug-likeness (QED) is 0.898. The first-order chi connectivity index (χ1) is 9.52. The molecule has 1 unspecified atom stereocenters. The molecule has 0 spiro atoms. The number of hydrogen-bond acceptors (Lipinski definition) is 4. The Morgan fingerprint density at radius 3 is 2.25 bits per heavy atom. The van der Waals surface area contributed by atoms with Gasteiger partial charge in [-0.1, -0.05) is 18.2 Å². The minimum absolute atomic E-state index is 0.0117. The molecule has 0 saturated heterocycles. The predicted molar refractivity (Wildman–Crippen MR) is 75.3 cm³/mol. The van der Waals surface area contributed by atoms with Gasteiger partial charge in [-0.25, -0.2) is 0 Å². The fourth-order valence-electron chi connectivity index (χ4n) is 2.19. The highest BCUT2D eigenvalue weighted by atomic mass is 16.5. The molecule has 4 nitrogen and oxygen atoms in total. The molecule has 104 valence electrons. The molecule has 0 aliphatic heterocycles. The van der Waals surface area contributed by atoms with Crippen LogP contribution >= 0.6 is 0 Å². The first kappa shape index (κ1) is 13.9. The summed E-state index contributed by atoms with van der Waals surface area (Å²) in [7, 11) is 1.51. The number of phenols is 2. The highest BCUT2D eigenvalue weighted by Gasteiger charge is 2.22. The minimum Gasteiger partial charge on any atom is -0.508 e. The Labute approximate surface area is 117 Å². The Morgan fingerprint density at radius 2 is 1.75 bits per heavy atom. The Morgan fingerprint density at radius 1 is 1.10 bits per heavy atom. The van der Waals surface area contributed by atoms with Gasteiger partial charge in [0.2, 0.25) is 0 Å². The number of aromatic hydroxyl groups is 2. The van der Waals surface area contributed by atoms with E-state index in [0.717, 1.165) is 5.56 Å². The number of ether oxygens (including phenoxy) is 1. The van der Waals surface area contributed by atoms with Crippen molar-refractivity contribution in [2.75, 3.05) is 7.11 Å². The highest BCUT2D eigenvalue weighted by Crippen LogP contribution is 2.34. The molecule has 0 aliphatic rings. The number of carbonyl (C=O) groups excluding carboxylic acids is 1. The van der Waals surface area contributed by atoms with Crippen LogP contribution in [0.4, 0.5) is 0 Å². The number of ketones is 1. The van der Waals surface area contributed by atoms with Crippen molar-refractivity contribution in [1.29, 1.82) is 0 Å². The van der Waals surface area contributed by atoms with Crippen LogP contribution in [0.15, 0.2) is 42.5 Å². The predicted octanol–water partition coefficient (Wildman–Crippen LogP) is 2.83. The van der Waals surface area contributed by atoms with Gasteiger partial charge in [-0.2, -0.15) is 0 Å². The first-order valence-electron chi connectivity index (χ1n) is 6.19. The summed E-state index contributed by atoms with van der Waals surface area (Å²) in [6.45, 7) is 1.47. The highest BCUT2D eigenvalue weighted by molar-refractivity contribution is 5.87. The molecule has 2 N–H and O–H groups in total. The van der Waals surface area contributed by atoms with Crippen LogP contribution in [0.25, 0.3) is 0 Å². The third kappa shape index (κ3) is 2.74. The minimum atomic E-state index is -0.568. The van der Waals surface area contributed by atoms with Gasteiger partial charge in [-0.05, 0) is 30.7 Å². The Kier molecular flexibility index (Phi) is 3.94. The van der Waals surface area contributed by atoms with Gasteiger partial charge in [0.1, 0.15) is 23.0 Å². The van der Waals surface area contributed by atoms with Crippen LogP contribution in [0.2, 0.25) is 0 Å². The number of hydrogen-bond donors (Lipinski definition) is 2. The van der Waals surface area contributed by atoms with E-state index < -0.39 is 5.92 Å². The summed E-state index contributed by atoms with van der Waals surface area (Å²) in [5, 5.41) is 19.4. The van der Waals surface area contributed by atoms with Crippen LogP contribution in [0.3, 0.4) is 0 Å². The van der Waals surface area contributed by atoms with Crippen LogP contribution in [-0.2, 0) is 4.79 Å². The number of benzene rings is 2. The number of Topliss-reactive ketones (excluding diaryl/α,β-unsaturated/α-hetero) is 1. The SMILES string of the molecule is COc1ccc(C(C(C)=O)c2ccc(O)cc2)c(O)c1. The van der Waals surface area contributed by atoms with Crippen molar-refractivity contribution in [2.45, 2.75) is 12.8 Å². The van der Waals surface area contributed by atoms with Crippen molar-refractivity contribution in [3.63, 3.8) is 0 Å². The third-order valence-corrected chi connectivity index (χ3v) is 3.18. The molecule has 0 radical (unpaired) electrons. The van der Waals surface area contributed by atoms with Crippen molar-refractivity contribution >= 4 is 5.78 Å². The normalized spacial score (nSPS) is 11.9. The van der Waals surface area contributed by atoms with Crippen LogP contribution in [0.5, 0.6) is 17.2 Å². The smallest absolute Gasteiger partial charge is 0.141 e. The Bertz CT molecular complexity index is 617. The average molecular weight is 272 g/mol. The fourth-order valence-corrected chi connectivity index (χ4v) is 2.19. The second-order valence-electron chi connectivity index (χ2n) is 4.56. The zero-order valence-electron chi connectivity index (χ0n) is 11.3. The van der Waals surface area contributed by atoms with E-state index in [1.807, 2.05) is 0 Å². The number of rotatable bonds is 4. The molecule has 4 heteroatoms. The molecule has 0 aliphatic carbocycles. The van der Waals surface area contributed by atoms with E-state index in [0.29, 0.717) is 11.3 Å². The summed E-state index contributed by atoms with van der Waals surface area (Å²) in [5.41, 5.74) is 1.24. The van der Waals surface area contributed by atoms with Gasteiger partial charge in [0.05, 0.1) is 13.0 Å². The maximum atomic E-state index is 11.9. The van der Waals surface area contributed by atoms with Crippen LogP contribution in [-0.4, -0.2) is 23.1 Å². The molecule has 0 bridgehead atoms. The second-order valence-corrected chi connectivity index (χ2v) is 4.56. The van der Waals surface area contributed by atoms with Gasteiger partial charge in [0.15, 0.2) is 0 Å². The average Bonchev–Trinajstić information content (AvgIpc) is 2.42. The maximum Gasteiger partial charge on any atom is 0.141 e. The second kappa shape index (κ2) is 5.65. The van der Waals surface area contributed by atoms with E-state index >= 15 is 0 Å². The zero-order chi connectivity index (χ0) is 14.7. The lowest BCUT2D eigenvalue weighted by molar-refractivity contribution is -0.117. The summed E-state index contributed by atoms with van der Waals surface area (Å²) in [6, 6.07) is 11.2. The molecule has 20 heavy (non-hydrogen) atoms. The van der Waals surface area contributed by atoms with Crippen molar-refractivity contribution in [3.8, 4) is 17.2 Å². The summed E-state index contributed by atoms with van der Waals surface area (Å²) >= 11 is 0. The Balaban J connectivity index is 2.49. The van der Waals surface area contributed by atoms with Crippen molar-refractivity contribution in [3.05, 3.63) is 53.6 Å². The van der Waals surface area contributed by atoms with Crippen LogP contribution in [0.1, 0.15) is 24.0 Å². The van der Waals surface area contributed by atoms with Crippen molar-refractivity contribution in [2.24, 2.45) is 0 Å². The topological polar surface area (TPSA) is 66.8 Å². The van der Waals surface area contributed by atoms with Gasteiger partial charge < -0.3 is 14.9 Å².